The van der Waals surface area contributed by atoms with Crippen LogP contribution in [-0.4, -0.2) is 24.5 Å². The second-order valence-electron chi connectivity index (χ2n) is 8.06. The van der Waals surface area contributed by atoms with Gasteiger partial charge in [-0.25, -0.2) is 0 Å². The number of carbonyl (C=O) groups is 2. The summed E-state index contributed by atoms with van der Waals surface area (Å²) in [6.07, 6.45) is 2.49. The highest BCUT2D eigenvalue weighted by Crippen LogP contribution is 2.32. The van der Waals surface area contributed by atoms with Crippen LogP contribution in [0.1, 0.15) is 49.5 Å². The molecule has 28 heavy (non-hydrogen) atoms. The monoisotopic (exact) mass is 380 g/mol. The number of nitrogens with zero attached hydrogens (tertiary/aromatic N) is 1. The van der Waals surface area contributed by atoms with Gasteiger partial charge < -0.3 is 15.4 Å². The fourth-order valence-corrected chi connectivity index (χ4v) is 3.38. The number of carbonyl (C=O) groups excluding carboxylic acids is 2. The summed E-state index contributed by atoms with van der Waals surface area (Å²) >= 11 is 0. The molecule has 2 N–H and O–H groups in total. The molecule has 2 aromatic carbocycles. The van der Waals surface area contributed by atoms with Crippen LogP contribution in [0, 0.1) is 5.41 Å². The molecular weight excluding hydrogens is 352 g/mol. The lowest BCUT2D eigenvalue weighted by atomic mass is 9.89. The van der Waals surface area contributed by atoms with Gasteiger partial charge >= 0.3 is 0 Å². The summed E-state index contributed by atoms with van der Waals surface area (Å²) in [6.45, 7) is 6.09. The quantitative estimate of drug-likeness (QED) is 0.825. The number of hydrogen-bond donors (Lipinski definition) is 1. The van der Waals surface area contributed by atoms with Crippen LogP contribution in [-0.2, 0) is 11.2 Å². The first-order valence-corrected chi connectivity index (χ1v) is 9.74. The van der Waals surface area contributed by atoms with E-state index in [4.69, 9.17) is 10.5 Å². The number of hydrogen-bond acceptors (Lipinski definition) is 3. The first-order valence-electron chi connectivity index (χ1n) is 9.74. The Balaban J connectivity index is 1.68. The van der Waals surface area contributed by atoms with Crippen LogP contribution in [0.4, 0.5) is 5.69 Å². The number of aryl methyl sites for hydroxylation is 1. The second-order valence-corrected chi connectivity index (χ2v) is 8.06. The molecule has 0 aromatic heterocycles. The lowest BCUT2D eigenvalue weighted by Crippen LogP contribution is -2.42. The van der Waals surface area contributed by atoms with Crippen molar-refractivity contribution in [3.63, 3.8) is 0 Å². The summed E-state index contributed by atoms with van der Waals surface area (Å²) < 4.78 is 5.72. The molecule has 148 valence electrons. The Kier molecular flexibility index (Phi) is 5.73. The number of para-hydroxylation sites is 1. The predicted octanol–water partition coefficient (Wildman–Crippen LogP) is 3.95. The van der Waals surface area contributed by atoms with E-state index in [1.807, 2.05) is 23.1 Å². The van der Waals surface area contributed by atoms with Crippen LogP contribution in [0.5, 0.6) is 5.75 Å². The minimum atomic E-state index is -0.603. The maximum absolute atomic E-state index is 13.1. The Morgan fingerprint density at radius 2 is 1.82 bits per heavy atom. The highest BCUT2D eigenvalue weighted by molar-refractivity contribution is 6.07. The molecule has 0 radical (unpaired) electrons. The van der Waals surface area contributed by atoms with Crippen molar-refractivity contribution < 1.29 is 14.3 Å². The smallest absolute Gasteiger partial charge is 0.258 e. The molecule has 2 aromatic rings. The van der Waals surface area contributed by atoms with Gasteiger partial charge in [0.2, 0.25) is 5.91 Å². The standard InChI is InChI=1S/C23H28N2O3/c1-16-8-9-17-6-4-5-7-20(17)25(16)21(26)18-10-12-19(13-11-18)28-15-14-23(2,3)22(24)27/h4-7,10-13,16H,8-9,14-15H2,1-3H3,(H2,24,27). The van der Waals surface area contributed by atoms with Gasteiger partial charge in [0, 0.05) is 22.7 Å². The van der Waals surface area contributed by atoms with Gasteiger partial charge in [-0.3, -0.25) is 9.59 Å². The molecule has 5 heteroatoms. The Bertz CT molecular complexity index is 858. The highest BCUT2D eigenvalue weighted by Gasteiger charge is 2.29. The van der Waals surface area contributed by atoms with Crippen LogP contribution in [0.3, 0.4) is 0 Å². The van der Waals surface area contributed by atoms with Crippen molar-refractivity contribution in [1.82, 2.24) is 0 Å². The van der Waals surface area contributed by atoms with E-state index in [1.165, 1.54) is 5.56 Å². The lowest BCUT2D eigenvalue weighted by molar-refractivity contribution is -0.126. The molecule has 2 amide bonds. The van der Waals surface area contributed by atoms with E-state index in [2.05, 4.69) is 13.0 Å². The van der Waals surface area contributed by atoms with Crippen LogP contribution in [0.2, 0.25) is 0 Å². The predicted molar refractivity (Wildman–Crippen MR) is 111 cm³/mol. The van der Waals surface area contributed by atoms with Crippen LogP contribution < -0.4 is 15.4 Å². The van der Waals surface area contributed by atoms with Crippen molar-refractivity contribution >= 4 is 17.5 Å². The Labute approximate surface area is 166 Å². The van der Waals surface area contributed by atoms with Gasteiger partial charge in [0.1, 0.15) is 5.75 Å². The fourth-order valence-electron chi connectivity index (χ4n) is 3.38. The average Bonchev–Trinajstić information content (AvgIpc) is 2.68. The van der Waals surface area contributed by atoms with Gasteiger partial charge in [0.15, 0.2) is 0 Å². The Morgan fingerprint density at radius 1 is 1.14 bits per heavy atom. The van der Waals surface area contributed by atoms with Gasteiger partial charge in [-0.2, -0.15) is 0 Å². The molecule has 1 atom stereocenters. The highest BCUT2D eigenvalue weighted by atomic mass is 16.5. The zero-order valence-electron chi connectivity index (χ0n) is 16.8. The number of rotatable bonds is 6. The summed E-state index contributed by atoms with van der Waals surface area (Å²) in [5.41, 5.74) is 7.63. The minimum Gasteiger partial charge on any atom is -0.494 e. The molecule has 1 heterocycles. The maximum atomic E-state index is 13.1. The zero-order valence-corrected chi connectivity index (χ0v) is 16.8. The summed E-state index contributed by atoms with van der Waals surface area (Å²) in [5.74, 6) is 0.331. The molecule has 0 aliphatic carbocycles. The first kappa shape index (κ1) is 19.9. The fraction of sp³-hybridized carbons (Fsp3) is 0.391. The lowest BCUT2D eigenvalue weighted by Gasteiger charge is -2.35. The van der Waals surface area contributed by atoms with Crippen LogP contribution >= 0.6 is 0 Å². The third kappa shape index (κ3) is 4.19. The summed E-state index contributed by atoms with van der Waals surface area (Å²) in [5, 5.41) is 0. The first-order chi connectivity index (χ1) is 13.3. The molecule has 0 saturated carbocycles. The molecule has 1 aliphatic heterocycles. The van der Waals surface area contributed by atoms with Crippen LogP contribution in [0.25, 0.3) is 0 Å². The number of amides is 2. The van der Waals surface area contributed by atoms with E-state index in [1.54, 1.807) is 38.1 Å². The topological polar surface area (TPSA) is 72.6 Å². The molecule has 0 spiro atoms. The SMILES string of the molecule is CC1CCc2ccccc2N1C(=O)c1ccc(OCCC(C)(C)C(N)=O)cc1. The molecular formula is C23H28N2O3. The Hall–Kier alpha value is -2.82. The van der Waals surface area contributed by atoms with Crippen molar-refractivity contribution in [2.45, 2.75) is 46.1 Å². The molecule has 0 saturated heterocycles. The van der Waals surface area contributed by atoms with E-state index in [0.29, 0.717) is 24.3 Å². The van der Waals surface area contributed by atoms with Crippen molar-refractivity contribution in [2.75, 3.05) is 11.5 Å². The number of fused-ring (bicyclic) bond motifs is 1. The normalized spacial score (nSPS) is 16.4. The van der Waals surface area contributed by atoms with E-state index >= 15 is 0 Å². The molecule has 1 aliphatic rings. The van der Waals surface area contributed by atoms with E-state index in [9.17, 15) is 9.59 Å². The summed E-state index contributed by atoms with van der Waals surface area (Å²) in [4.78, 5) is 26.4. The second kappa shape index (κ2) is 8.05. The van der Waals surface area contributed by atoms with Crippen molar-refractivity contribution in [1.29, 1.82) is 0 Å². The van der Waals surface area contributed by atoms with E-state index in [0.717, 1.165) is 18.5 Å². The third-order valence-corrected chi connectivity index (χ3v) is 5.51. The number of nitrogens with two attached hydrogens (primary N) is 1. The maximum Gasteiger partial charge on any atom is 0.258 e. The van der Waals surface area contributed by atoms with Gasteiger partial charge in [0.25, 0.3) is 5.91 Å². The van der Waals surface area contributed by atoms with Gasteiger partial charge in [-0.1, -0.05) is 32.0 Å². The number of ether oxygens (including phenoxy) is 1. The van der Waals surface area contributed by atoms with Gasteiger partial charge in [-0.15, -0.1) is 0 Å². The number of benzene rings is 2. The molecule has 0 bridgehead atoms. The largest absolute Gasteiger partial charge is 0.494 e. The van der Waals surface area contributed by atoms with E-state index in [-0.39, 0.29) is 17.9 Å². The van der Waals surface area contributed by atoms with Crippen LogP contribution in [0.15, 0.2) is 48.5 Å². The van der Waals surface area contributed by atoms with Crippen molar-refractivity contribution in [3.05, 3.63) is 59.7 Å². The van der Waals surface area contributed by atoms with Crippen molar-refractivity contribution in [3.8, 4) is 5.75 Å². The number of anilines is 1. The number of primary amides is 1. The van der Waals surface area contributed by atoms with Gasteiger partial charge in [0.05, 0.1) is 6.61 Å². The van der Waals surface area contributed by atoms with E-state index < -0.39 is 5.41 Å². The average molecular weight is 380 g/mol. The summed E-state index contributed by atoms with van der Waals surface area (Å²) in [7, 11) is 0. The third-order valence-electron chi connectivity index (χ3n) is 5.51. The zero-order chi connectivity index (χ0) is 20.3. The molecule has 0 fully saturated rings. The van der Waals surface area contributed by atoms with Crippen molar-refractivity contribution in [2.24, 2.45) is 11.1 Å². The Morgan fingerprint density at radius 3 is 2.50 bits per heavy atom. The molecule has 1 unspecified atom stereocenters. The molecule has 5 nitrogen and oxygen atoms in total. The minimum absolute atomic E-state index is 0.000983. The molecule has 3 rings (SSSR count). The van der Waals surface area contributed by atoms with Gasteiger partial charge in [-0.05, 0) is 62.1 Å². The summed E-state index contributed by atoms with van der Waals surface area (Å²) in [6, 6.07) is 15.4.